The number of aromatic nitrogens is 1. The Morgan fingerprint density at radius 2 is 1.32 bits per heavy atom. The van der Waals surface area contributed by atoms with Gasteiger partial charge in [0.05, 0.1) is 11.9 Å². The highest BCUT2D eigenvalue weighted by Crippen LogP contribution is 2.20. The van der Waals surface area contributed by atoms with Crippen LogP contribution in [0, 0.1) is 0 Å². The van der Waals surface area contributed by atoms with E-state index in [0.717, 1.165) is 37.6 Å². The van der Waals surface area contributed by atoms with Gasteiger partial charge < -0.3 is 15.1 Å². The van der Waals surface area contributed by atoms with E-state index in [9.17, 15) is 4.79 Å². The molecule has 1 aliphatic heterocycles. The van der Waals surface area contributed by atoms with Gasteiger partial charge in [0, 0.05) is 37.6 Å². The molecule has 0 atom stereocenters. The van der Waals surface area contributed by atoms with Crippen LogP contribution in [0.15, 0.2) is 79.0 Å². The summed E-state index contributed by atoms with van der Waals surface area (Å²) in [5, 5.41) is 5.54. The SMILES string of the molecule is O=C(Nc1ccccc1)Nc1ccc(N2CCN(c3ccccc3)CC2)cn1. The molecule has 1 fully saturated rings. The van der Waals surface area contributed by atoms with Gasteiger partial charge >= 0.3 is 6.03 Å². The first-order valence-electron chi connectivity index (χ1n) is 9.42. The van der Waals surface area contributed by atoms with Gasteiger partial charge in [0.2, 0.25) is 0 Å². The Hall–Kier alpha value is -3.54. The summed E-state index contributed by atoms with van der Waals surface area (Å²) in [5.41, 5.74) is 3.08. The molecule has 4 rings (SSSR count). The highest BCUT2D eigenvalue weighted by Gasteiger charge is 2.17. The topological polar surface area (TPSA) is 60.5 Å². The molecule has 1 aromatic heterocycles. The molecule has 2 N–H and O–H groups in total. The fraction of sp³-hybridized carbons (Fsp3) is 0.182. The second-order valence-corrected chi connectivity index (χ2v) is 6.66. The minimum Gasteiger partial charge on any atom is -0.368 e. The molecule has 1 aliphatic rings. The van der Waals surface area contributed by atoms with Crippen molar-refractivity contribution in [3.63, 3.8) is 0 Å². The number of nitrogens with zero attached hydrogens (tertiary/aromatic N) is 3. The number of hydrogen-bond acceptors (Lipinski definition) is 4. The number of piperazine rings is 1. The van der Waals surface area contributed by atoms with Crippen LogP contribution in [0.4, 0.5) is 27.7 Å². The number of para-hydroxylation sites is 2. The minimum atomic E-state index is -0.303. The fourth-order valence-corrected chi connectivity index (χ4v) is 3.31. The fourth-order valence-electron chi connectivity index (χ4n) is 3.31. The van der Waals surface area contributed by atoms with Crippen LogP contribution in [0.3, 0.4) is 0 Å². The van der Waals surface area contributed by atoms with Crippen molar-refractivity contribution in [2.24, 2.45) is 0 Å². The quantitative estimate of drug-likeness (QED) is 0.724. The molecule has 0 bridgehead atoms. The van der Waals surface area contributed by atoms with Crippen LogP contribution in [-0.4, -0.2) is 37.2 Å². The zero-order chi connectivity index (χ0) is 19.2. The van der Waals surface area contributed by atoms with Gasteiger partial charge in [0.1, 0.15) is 5.82 Å². The summed E-state index contributed by atoms with van der Waals surface area (Å²) in [6, 6.07) is 23.4. The molecule has 28 heavy (non-hydrogen) atoms. The maximum atomic E-state index is 12.1. The molecule has 2 amide bonds. The van der Waals surface area contributed by atoms with Gasteiger partial charge in [-0.3, -0.25) is 5.32 Å². The molecule has 2 aromatic carbocycles. The lowest BCUT2D eigenvalue weighted by molar-refractivity contribution is 0.262. The van der Waals surface area contributed by atoms with Crippen molar-refractivity contribution >= 4 is 28.9 Å². The molecule has 0 radical (unpaired) electrons. The van der Waals surface area contributed by atoms with E-state index >= 15 is 0 Å². The normalized spacial score (nSPS) is 13.9. The van der Waals surface area contributed by atoms with Crippen LogP contribution in [0.5, 0.6) is 0 Å². The molecular weight excluding hydrogens is 350 g/mol. The van der Waals surface area contributed by atoms with Crippen molar-refractivity contribution in [3.05, 3.63) is 79.0 Å². The summed E-state index contributed by atoms with van der Waals surface area (Å²) in [5.74, 6) is 0.528. The molecule has 1 saturated heterocycles. The summed E-state index contributed by atoms with van der Waals surface area (Å²) >= 11 is 0. The maximum absolute atomic E-state index is 12.1. The number of amides is 2. The van der Waals surface area contributed by atoms with Gasteiger partial charge in [-0.05, 0) is 36.4 Å². The molecule has 0 unspecified atom stereocenters. The summed E-state index contributed by atoms with van der Waals surface area (Å²) in [7, 11) is 0. The first-order chi connectivity index (χ1) is 13.8. The minimum absolute atomic E-state index is 0.303. The second-order valence-electron chi connectivity index (χ2n) is 6.66. The Labute approximate surface area is 164 Å². The Morgan fingerprint density at radius 1 is 0.714 bits per heavy atom. The monoisotopic (exact) mass is 373 g/mol. The zero-order valence-corrected chi connectivity index (χ0v) is 15.6. The smallest absolute Gasteiger partial charge is 0.324 e. The van der Waals surface area contributed by atoms with E-state index in [2.05, 4.69) is 49.7 Å². The van der Waals surface area contributed by atoms with E-state index in [1.54, 1.807) is 0 Å². The molecule has 0 spiro atoms. The highest BCUT2D eigenvalue weighted by atomic mass is 16.2. The average molecular weight is 373 g/mol. The third kappa shape index (κ3) is 4.40. The molecule has 2 heterocycles. The summed E-state index contributed by atoms with van der Waals surface area (Å²) in [6.07, 6.45) is 1.82. The molecule has 0 saturated carbocycles. The first-order valence-corrected chi connectivity index (χ1v) is 9.42. The summed E-state index contributed by atoms with van der Waals surface area (Å²) < 4.78 is 0. The van der Waals surface area contributed by atoms with Crippen LogP contribution in [0.1, 0.15) is 0 Å². The van der Waals surface area contributed by atoms with Gasteiger partial charge in [-0.15, -0.1) is 0 Å². The van der Waals surface area contributed by atoms with E-state index in [-0.39, 0.29) is 6.03 Å². The van der Waals surface area contributed by atoms with Crippen molar-refractivity contribution in [3.8, 4) is 0 Å². The van der Waals surface area contributed by atoms with E-state index in [4.69, 9.17) is 0 Å². The van der Waals surface area contributed by atoms with Crippen LogP contribution < -0.4 is 20.4 Å². The average Bonchev–Trinajstić information content (AvgIpc) is 2.76. The Morgan fingerprint density at radius 3 is 1.93 bits per heavy atom. The van der Waals surface area contributed by atoms with Gasteiger partial charge in [0.25, 0.3) is 0 Å². The van der Waals surface area contributed by atoms with E-state index in [1.165, 1.54) is 5.69 Å². The zero-order valence-electron chi connectivity index (χ0n) is 15.6. The van der Waals surface area contributed by atoms with Crippen molar-refractivity contribution in [1.29, 1.82) is 0 Å². The predicted molar refractivity (Wildman–Crippen MR) is 114 cm³/mol. The first kappa shape index (κ1) is 17.9. The summed E-state index contributed by atoms with van der Waals surface area (Å²) in [6.45, 7) is 3.84. The third-order valence-corrected chi connectivity index (χ3v) is 4.79. The van der Waals surface area contributed by atoms with Gasteiger partial charge in [-0.2, -0.15) is 0 Å². The number of urea groups is 1. The maximum Gasteiger partial charge on any atom is 0.324 e. The van der Waals surface area contributed by atoms with Crippen LogP contribution >= 0.6 is 0 Å². The number of benzene rings is 2. The highest BCUT2D eigenvalue weighted by molar-refractivity contribution is 5.99. The predicted octanol–water partition coefficient (Wildman–Crippen LogP) is 4.05. The molecule has 6 heteroatoms. The van der Waals surface area contributed by atoms with E-state index in [1.807, 2.05) is 54.7 Å². The standard InChI is InChI=1S/C22H23N5O/c28-22(24-18-7-3-1-4-8-18)25-21-12-11-20(17-23-21)27-15-13-26(14-16-27)19-9-5-2-6-10-19/h1-12,17H,13-16H2,(H2,23,24,25,28). The van der Waals surface area contributed by atoms with E-state index in [0.29, 0.717) is 5.82 Å². The van der Waals surface area contributed by atoms with Crippen LogP contribution in [0.25, 0.3) is 0 Å². The molecule has 142 valence electrons. The Kier molecular flexibility index (Phi) is 5.38. The van der Waals surface area contributed by atoms with Crippen molar-refractivity contribution in [2.75, 3.05) is 46.6 Å². The van der Waals surface area contributed by atoms with Crippen molar-refractivity contribution in [2.45, 2.75) is 0 Å². The lowest BCUT2D eigenvalue weighted by atomic mass is 10.2. The number of anilines is 4. The Bertz CT molecular complexity index is 891. The molecule has 0 aliphatic carbocycles. The molecular formula is C22H23N5O. The van der Waals surface area contributed by atoms with Gasteiger partial charge in [-0.25, -0.2) is 9.78 Å². The van der Waals surface area contributed by atoms with Crippen LogP contribution in [0.2, 0.25) is 0 Å². The molecule has 6 nitrogen and oxygen atoms in total. The summed E-state index contributed by atoms with van der Waals surface area (Å²) in [4.78, 5) is 21.2. The van der Waals surface area contributed by atoms with Crippen LogP contribution in [-0.2, 0) is 0 Å². The largest absolute Gasteiger partial charge is 0.368 e. The molecule has 3 aromatic rings. The second kappa shape index (κ2) is 8.43. The van der Waals surface area contributed by atoms with Gasteiger partial charge in [-0.1, -0.05) is 36.4 Å². The number of nitrogens with one attached hydrogen (secondary N) is 2. The third-order valence-electron chi connectivity index (χ3n) is 4.79. The van der Waals surface area contributed by atoms with E-state index < -0.39 is 0 Å². The number of hydrogen-bond donors (Lipinski definition) is 2. The van der Waals surface area contributed by atoms with Crippen molar-refractivity contribution < 1.29 is 4.79 Å². The van der Waals surface area contributed by atoms with Crippen molar-refractivity contribution in [1.82, 2.24) is 4.98 Å². The lowest BCUT2D eigenvalue weighted by Crippen LogP contribution is -2.46. The van der Waals surface area contributed by atoms with Gasteiger partial charge in [0.15, 0.2) is 0 Å². The Balaban J connectivity index is 1.31. The number of pyridine rings is 1. The number of carbonyl (C=O) groups excluding carboxylic acids is 1. The number of carbonyl (C=O) groups is 1. The number of rotatable bonds is 4. The lowest BCUT2D eigenvalue weighted by Gasteiger charge is -2.37.